The first kappa shape index (κ1) is 15.3. The molecule has 0 radical (unpaired) electrons. The lowest BCUT2D eigenvalue weighted by Gasteiger charge is -2.42. The molecule has 0 saturated heterocycles. The molecule has 0 aliphatic heterocycles. The monoisotopic (exact) mass is 300 g/mol. The maximum Gasteiger partial charge on any atom is 0.337 e. The van der Waals surface area contributed by atoms with Crippen molar-refractivity contribution in [3.05, 3.63) is 35.4 Å². The lowest BCUT2D eigenvalue weighted by Crippen LogP contribution is -2.41. The van der Waals surface area contributed by atoms with Crippen molar-refractivity contribution in [1.29, 1.82) is 0 Å². The van der Waals surface area contributed by atoms with Gasteiger partial charge in [0.1, 0.15) is 0 Å². The highest BCUT2D eigenvalue weighted by Crippen LogP contribution is 2.63. The Bertz CT molecular complexity index is 590. The van der Waals surface area contributed by atoms with Gasteiger partial charge < -0.3 is 4.74 Å². The topological polar surface area (TPSA) is 43.4 Å². The average Bonchev–Trinajstić information content (AvgIpc) is 3.16. The number of hydrogen-bond donors (Lipinski definition) is 0. The molecule has 3 heteroatoms. The zero-order chi connectivity index (χ0) is 16.0. The van der Waals surface area contributed by atoms with Crippen LogP contribution in [0, 0.1) is 16.7 Å². The summed E-state index contributed by atoms with van der Waals surface area (Å²) in [6.45, 7) is 4.22. The second-order valence-corrected chi connectivity index (χ2v) is 7.45. The van der Waals surface area contributed by atoms with E-state index in [1.807, 2.05) is 0 Å². The van der Waals surface area contributed by atoms with Crippen LogP contribution < -0.4 is 0 Å². The number of carbonyl (C=O) groups excluding carboxylic acids is 2. The summed E-state index contributed by atoms with van der Waals surface area (Å²) in [5.74, 6) is 0.659. The van der Waals surface area contributed by atoms with Crippen molar-refractivity contribution in [2.45, 2.75) is 46.0 Å². The van der Waals surface area contributed by atoms with Crippen LogP contribution in [0.4, 0.5) is 0 Å². The number of fused-ring (bicyclic) bond motifs is 2. The van der Waals surface area contributed by atoms with E-state index >= 15 is 0 Å². The minimum Gasteiger partial charge on any atom is -0.465 e. The Hall–Kier alpha value is -1.64. The standard InChI is InChI=1S/C19H24O3/c1-18(2,19-10-8-13(12-19)9-11-19)16(20)14-4-6-15(7-5-14)17(21)22-3/h4-7,13H,8-12H2,1-3H3. The number of Topliss-reactive ketones (excluding diaryl/α,β-unsaturated/α-hetero) is 1. The molecule has 3 nitrogen and oxygen atoms in total. The molecule has 0 N–H and O–H groups in total. The predicted molar refractivity (Wildman–Crippen MR) is 84.9 cm³/mol. The molecule has 2 saturated carbocycles. The van der Waals surface area contributed by atoms with Crippen molar-refractivity contribution in [2.75, 3.05) is 7.11 Å². The number of carbonyl (C=O) groups is 2. The summed E-state index contributed by atoms with van der Waals surface area (Å²) in [5.41, 5.74) is 1.01. The first-order valence-electron chi connectivity index (χ1n) is 8.13. The Morgan fingerprint density at radius 1 is 1.09 bits per heavy atom. The van der Waals surface area contributed by atoms with E-state index in [1.165, 1.54) is 39.2 Å². The molecule has 0 atom stereocenters. The van der Waals surface area contributed by atoms with Gasteiger partial charge in [0, 0.05) is 11.0 Å². The van der Waals surface area contributed by atoms with Gasteiger partial charge in [-0.1, -0.05) is 26.0 Å². The normalized spacial score (nSPS) is 27.0. The summed E-state index contributed by atoms with van der Waals surface area (Å²) in [7, 11) is 1.36. The molecule has 0 unspecified atom stereocenters. The van der Waals surface area contributed by atoms with Gasteiger partial charge in [-0.05, 0) is 55.6 Å². The maximum atomic E-state index is 13.1. The van der Waals surface area contributed by atoms with Gasteiger partial charge in [0.25, 0.3) is 0 Å². The maximum absolute atomic E-state index is 13.1. The predicted octanol–water partition coefficient (Wildman–Crippen LogP) is 4.26. The highest BCUT2D eigenvalue weighted by atomic mass is 16.5. The van der Waals surface area contributed by atoms with E-state index in [1.54, 1.807) is 24.3 Å². The molecule has 118 valence electrons. The summed E-state index contributed by atoms with van der Waals surface area (Å²) in [5, 5.41) is 0. The van der Waals surface area contributed by atoms with E-state index in [0.717, 1.165) is 5.92 Å². The molecule has 1 aromatic carbocycles. The van der Waals surface area contributed by atoms with Crippen LogP contribution in [0.15, 0.2) is 24.3 Å². The molecule has 3 rings (SSSR count). The average molecular weight is 300 g/mol. The van der Waals surface area contributed by atoms with Gasteiger partial charge in [-0.25, -0.2) is 4.79 Å². The minimum absolute atomic E-state index is 0.176. The van der Waals surface area contributed by atoms with E-state index in [-0.39, 0.29) is 22.6 Å². The number of ether oxygens (including phenoxy) is 1. The molecular weight excluding hydrogens is 276 g/mol. The van der Waals surface area contributed by atoms with Crippen molar-refractivity contribution in [2.24, 2.45) is 16.7 Å². The second kappa shape index (κ2) is 5.22. The number of ketones is 1. The zero-order valence-electron chi connectivity index (χ0n) is 13.6. The van der Waals surface area contributed by atoms with E-state index in [0.29, 0.717) is 11.1 Å². The van der Waals surface area contributed by atoms with Crippen molar-refractivity contribution in [3.8, 4) is 0 Å². The molecular formula is C19H24O3. The zero-order valence-corrected chi connectivity index (χ0v) is 13.6. The van der Waals surface area contributed by atoms with Crippen molar-refractivity contribution in [1.82, 2.24) is 0 Å². The van der Waals surface area contributed by atoms with Gasteiger partial charge in [0.2, 0.25) is 0 Å². The van der Waals surface area contributed by atoms with E-state index in [2.05, 4.69) is 13.8 Å². The lowest BCUT2D eigenvalue weighted by atomic mass is 9.60. The summed E-state index contributed by atoms with van der Waals surface area (Å²) >= 11 is 0. The third-order valence-corrected chi connectivity index (χ3v) is 6.20. The number of methoxy groups -OCH3 is 1. The molecule has 2 bridgehead atoms. The third-order valence-electron chi connectivity index (χ3n) is 6.20. The van der Waals surface area contributed by atoms with Gasteiger partial charge in [-0.15, -0.1) is 0 Å². The largest absolute Gasteiger partial charge is 0.465 e. The van der Waals surface area contributed by atoms with E-state index in [4.69, 9.17) is 4.74 Å². The van der Waals surface area contributed by atoms with Gasteiger partial charge in [-0.2, -0.15) is 0 Å². The van der Waals surface area contributed by atoms with Crippen LogP contribution in [0.5, 0.6) is 0 Å². The van der Waals surface area contributed by atoms with Crippen LogP contribution in [0.3, 0.4) is 0 Å². The molecule has 22 heavy (non-hydrogen) atoms. The smallest absolute Gasteiger partial charge is 0.337 e. The fourth-order valence-corrected chi connectivity index (χ4v) is 4.55. The number of hydrogen-bond acceptors (Lipinski definition) is 3. The van der Waals surface area contributed by atoms with E-state index in [9.17, 15) is 9.59 Å². The SMILES string of the molecule is COC(=O)c1ccc(C(=O)C(C)(C)C23CCC(CC2)C3)cc1. The molecule has 0 amide bonds. The Morgan fingerprint density at radius 3 is 2.09 bits per heavy atom. The fraction of sp³-hybridized carbons (Fsp3) is 0.579. The minimum atomic E-state index is -0.369. The van der Waals surface area contributed by atoms with E-state index < -0.39 is 0 Å². The molecule has 0 spiro atoms. The number of rotatable bonds is 4. The molecule has 1 aromatic rings. The lowest BCUT2D eigenvalue weighted by molar-refractivity contribution is 0.0484. The summed E-state index contributed by atoms with van der Waals surface area (Å²) in [6.07, 6.45) is 6.11. The number of esters is 1. The Labute approximate surface area is 132 Å². The molecule has 2 aliphatic rings. The van der Waals surface area contributed by atoms with Crippen LogP contribution in [0.2, 0.25) is 0 Å². The van der Waals surface area contributed by atoms with Crippen LogP contribution in [-0.4, -0.2) is 18.9 Å². The Balaban J connectivity index is 1.85. The summed E-state index contributed by atoms with van der Waals surface area (Å²) in [4.78, 5) is 24.6. The highest BCUT2D eigenvalue weighted by molar-refractivity contribution is 6.01. The van der Waals surface area contributed by atoms with Crippen LogP contribution in [-0.2, 0) is 4.74 Å². The van der Waals surface area contributed by atoms with Crippen molar-refractivity contribution >= 4 is 11.8 Å². The van der Waals surface area contributed by atoms with Gasteiger partial charge in [-0.3, -0.25) is 4.79 Å². The van der Waals surface area contributed by atoms with Gasteiger partial charge in [0.15, 0.2) is 5.78 Å². The Morgan fingerprint density at radius 2 is 1.64 bits per heavy atom. The van der Waals surface area contributed by atoms with Crippen LogP contribution in [0.1, 0.15) is 66.7 Å². The van der Waals surface area contributed by atoms with Crippen molar-refractivity contribution < 1.29 is 14.3 Å². The van der Waals surface area contributed by atoms with Crippen molar-refractivity contribution in [3.63, 3.8) is 0 Å². The molecule has 0 aromatic heterocycles. The first-order chi connectivity index (χ1) is 10.4. The highest BCUT2D eigenvalue weighted by Gasteiger charge is 2.56. The molecule has 2 fully saturated rings. The van der Waals surface area contributed by atoms with Gasteiger partial charge in [0.05, 0.1) is 12.7 Å². The summed E-state index contributed by atoms with van der Waals surface area (Å²) in [6, 6.07) is 6.88. The third kappa shape index (κ3) is 2.18. The quantitative estimate of drug-likeness (QED) is 0.616. The summed E-state index contributed by atoms with van der Waals surface area (Å²) < 4.78 is 4.70. The first-order valence-corrected chi connectivity index (χ1v) is 8.13. The molecule has 0 heterocycles. The fourth-order valence-electron chi connectivity index (χ4n) is 4.55. The second-order valence-electron chi connectivity index (χ2n) is 7.45. The van der Waals surface area contributed by atoms with Crippen LogP contribution >= 0.6 is 0 Å². The number of benzene rings is 1. The Kier molecular flexibility index (Phi) is 3.62. The van der Waals surface area contributed by atoms with Crippen LogP contribution in [0.25, 0.3) is 0 Å². The van der Waals surface area contributed by atoms with Gasteiger partial charge >= 0.3 is 5.97 Å². The molecule has 2 aliphatic carbocycles.